The molecule has 0 bridgehead atoms. The van der Waals surface area contributed by atoms with Crippen LogP contribution in [0.25, 0.3) is 0 Å². The minimum Gasteiger partial charge on any atom is -0.322 e. The van der Waals surface area contributed by atoms with Gasteiger partial charge < -0.3 is 4.90 Å². The lowest BCUT2D eigenvalue weighted by Gasteiger charge is -2.33. The average molecular weight is 436 g/mol. The Morgan fingerprint density at radius 2 is 1.91 bits per heavy atom. The molecule has 0 radical (unpaired) electrons. The fourth-order valence-electron chi connectivity index (χ4n) is 5.14. The lowest BCUT2D eigenvalue weighted by molar-refractivity contribution is -0.136. The maximum atomic E-state index is 14.5. The lowest BCUT2D eigenvalue weighted by atomic mass is 9.85. The number of fused-ring (bicyclic) bond motifs is 1. The number of carbonyl (C=O) groups excluding carboxylic acids is 3. The van der Waals surface area contributed by atoms with Crippen LogP contribution >= 0.6 is 0 Å². The van der Waals surface area contributed by atoms with Gasteiger partial charge in [0.2, 0.25) is 11.8 Å². The van der Waals surface area contributed by atoms with Crippen LogP contribution in [0.1, 0.15) is 58.8 Å². The number of pyridine rings is 1. The molecule has 0 spiro atoms. The molecule has 7 nitrogen and oxygen atoms in total. The van der Waals surface area contributed by atoms with Crippen molar-refractivity contribution in [2.45, 2.75) is 50.7 Å². The summed E-state index contributed by atoms with van der Waals surface area (Å²) in [6.45, 7) is 2.81. The van der Waals surface area contributed by atoms with E-state index >= 15 is 0 Å². The smallest absolute Gasteiger partial charge is 0.255 e. The predicted molar refractivity (Wildman–Crippen MR) is 114 cm³/mol. The van der Waals surface area contributed by atoms with E-state index in [1.807, 2.05) is 18.2 Å². The number of hydrogen-bond acceptors (Lipinski definition) is 5. The lowest BCUT2D eigenvalue weighted by Crippen LogP contribution is -2.52. The molecular formula is C24H25FN4O3. The first-order valence-electron chi connectivity index (χ1n) is 11.1. The van der Waals surface area contributed by atoms with E-state index in [1.54, 1.807) is 12.3 Å². The second kappa shape index (κ2) is 8.43. The summed E-state index contributed by atoms with van der Waals surface area (Å²) in [5, 5.41) is 2.31. The zero-order valence-corrected chi connectivity index (χ0v) is 17.7. The van der Waals surface area contributed by atoms with Crippen molar-refractivity contribution in [3.63, 3.8) is 0 Å². The first kappa shape index (κ1) is 20.8. The van der Waals surface area contributed by atoms with Gasteiger partial charge in [0.1, 0.15) is 11.9 Å². The maximum absolute atomic E-state index is 14.5. The molecule has 2 aromatic rings. The Labute approximate surface area is 185 Å². The largest absolute Gasteiger partial charge is 0.322 e. The summed E-state index contributed by atoms with van der Waals surface area (Å²) in [7, 11) is 0. The molecule has 32 heavy (non-hydrogen) atoms. The van der Waals surface area contributed by atoms with Crippen molar-refractivity contribution in [3.8, 4) is 0 Å². The quantitative estimate of drug-likeness (QED) is 0.744. The first-order chi connectivity index (χ1) is 15.5. The van der Waals surface area contributed by atoms with Crippen LogP contribution in [0.3, 0.4) is 0 Å². The number of imide groups is 1. The van der Waals surface area contributed by atoms with Gasteiger partial charge in [0.15, 0.2) is 0 Å². The highest BCUT2D eigenvalue weighted by Gasteiger charge is 2.41. The second-order valence-corrected chi connectivity index (χ2v) is 8.79. The predicted octanol–water partition coefficient (Wildman–Crippen LogP) is 2.36. The van der Waals surface area contributed by atoms with Gasteiger partial charge in [-0.15, -0.1) is 0 Å². The summed E-state index contributed by atoms with van der Waals surface area (Å²) < 4.78 is 14.5. The molecule has 3 aliphatic rings. The Bertz CT molecular complexity index is 1070. The molecule has 1 N–H and O–H groups in total. The van der Waals surface area contributed by atoms with E-state index in [-0.39, 0.29) is 30.7 Å². The van der Waals surface area contributed by atoms with E-state index in [2.05, 4.69) is 15.2 Å². The molecule has 2 saturated heterocycles. The maximum Gasteiger partial charge on any atom is 0.255 e. The Morgan fingerprint density at radius 1 is 1.09 bits per heavy atom. The molecule has 1 atom stereocenters. The summed E-state index contributed by atoms with van der Waals surface area (Å²) in [6.07, 6.45) is 4.04. The third-order valence-electron chi connectivity index (χ3n) is 6.79. The number of amides is 3. The summed E-state index contributed by atoms with van der Waals surface area (Å²) in [5.41, 5.74) is 3.08. The molecule has 1 unspecified atom stereocenters. The number of piperidine rings is 2. The molecule has 2 fully saturated rings. The van der Waals surface area contributed by atoms with Gasteiger partial charge in [-0.3, -0.25) is 29.6 Å². The van der Waals surface area contributed by atoms with Crippen LogP contribution in [-0.2, 0) is 22.7 Å². The highest BCUT2D eigenvalue weighted by molar-refractivity contribution is 6.05. The van der Waals surface area contributed by atoms with E-state index in [0.717, 1.165) is 49.3 Å². The van der Waals surface area contributed by atoms with E-state index in [4.69, 9.17) is 0 Å². The number of nitrogens with zero attached hydrogens (tertiary/aromatic N) is 3. The fraction of sp³-hybridized carbons (Fsp3) is 0.417. The van der Waals surface area contributed by atoms with Crippen LogP contribution in [0, 0.1) is 5.82 Å². The summed E-state index contributed by atoms with van der Waals surface area (Å²) in [5.74, 6) is -1.36. The Kier molecular flexibility index (Phi) is 5.46. The summed E-state index contributed by atoms with van der Waals surface area (Å²) in [4.78, 5) is 45.1. The number of carbonyl (C=O) groups is 3. The SMILES string of the molecule is O=C1CCC(N2Cc3c(cc(F)cc3C3CCN(Cc4ccccn4)CC3)C2=O)C(=O)N1. The van der Waals surface area contributed by atoms with Gasteiger partial charge in [0, 0.05) is 31.3 Å². The van der Waals surface area contributed by atoms with Gasteiger partial charge in [-0.1, -0.05) is 6.07 Å². The summed E-state index contributed by atoms with van der Waals surface area (Å²) >= 11 is 0. The van der Waals surface area contributed by atoms with E-state index in [1.165, 1.54) is 11.0 Å². The number of nitrogens with one attached hydrogen (secondary N) is 1. The third-order valence-corrected chi connectivity index (χ3v) is 6.79. The van der Waals surface area contributed by atoms with Gasteiger partial charge in [-0.25, -0.2) is 4.39 Å². The minimum absolute atomic E-state index is 0.161. The van der Waals surface area contributed by atoms with Gasteiger partial charge in [-0.05, 0) is 73.7 Å². The van der Waals surface area contributed by atoms with Crippen molar-refractivity contribution in [1.82, 2.24) is 20.1 Å². The van der Waals surface area contributed by atoms with Crippen LogP contribution in [0.5, 0.6) is 0 Å². The van der Waals surface area contributed by atoms with Gasteiger partial charge >= 0.3 is 0 Å². The normalized spacial score (nSPS) is 22.2. The molecule has 5 rings (SSSR count). The van der Waals surface area contributed by atoms with Crippen molar-refractivity contribution in [2.24, 2.45) is 0 Å². The van der Waals surface area contributed by atoms with Crippen molar-refractivity contribution >= 4 is 17.7 Å². The van der Waals surface area contributed by atoms with Gasteiger partial charge in [-0.2, -0.15) is 0 Å². The Morgan fingerprint density at radius 3 is 2.62 bits per heavy atom. The van der Waals surface area contributed by atoms with Crippen LogP contribution in [0.2, 0.25) is 0 Å². The molecule has 0 aliphatic carbocycles. The van der Waals surface area contributed by atoms with E-state index < -0.39 is 17.8 Å². The molecule has 3 aliphatic heterocycles. The monoisotopic (exact) mass is 436 g/mol. The van der Waals surface area contributed by atoms with Crippen LogP contribution in [-0.4, -0.2) is 51.6 Å². The van der Waals surface area contributed by atoms with Crippen molar-refractivity contribution < 1.29 is 18.8 Å². The average Bonchev–Trinajstić information content (AvgIpc) is 3.11. The highest BCUT2D eigenvalue weighted by atomic mass is 19.1. The third kappa shape index (κ3) is 3.90. The van der Waals surface area contributed by atoms with Crippen LogP contribution < -0.4 is 5.32 Å². The Balaban J connectivity index is 1.32. The molecule has 8 heteroatoms. The fourth-order valence-corrected chi connectivity index (χ4v) is 5.14. The van der Waals surface area contributed by atoms with E-state index in [0.29, 0.717) is 12.0 Å². The number of aromatic nitrogens is 1. The van der Waals surface area contributed by atoms with Crippen molar-refractivity contribution in [3.05, 3.63) is 64.7 Å². The standard InChI is InChI=1S/C24H25FN4O3/c25-16-11-18(15-6-9-28(10-7-15)13-17-3-1-2-8-26-17)20-14-29(24(32)19(20)12-16)21-4-5-22(30)27-23(21)31/h1-3,8,11-12,15,21H,4-7,9-10,13-14H2,(H,27,30,31). The molecule has 166 valence electrons. The Hall–Kier alpha value is -3.13. The zero-order valence-electron chi connectivity index (χ0n) is 17.7. The first-order valence-corrected chi connectivity index (χ1v) is 11.1. The number of benzene rings is 1. The highest BCUT2D eigenvalue weighted by Crippen LogP contribution is 2.37. The summed E-state index contributed by atoms with van der Waals surface area (Å²) in [6, 6.07) is 8.04. The number of hydrogen-bond donors (Lipinski definition) is 1. The van der Waals surface area contributed by atoms with Gasteiger partial charge in [0.05, 0.1) is 5.69 Å². The molecular weight excluding hydrogens is 411 g/mol. The zero-order chi connectivity index (χ0) is 22.2. The minimum atomic E-state index is -0.691. The molecule has 1 aromatic heterocycles. The van der Waals surface area contributed by atoms with E-state index in [9.17, 15) is 18.8 Å². The van der Waals surface area contributed by atoms with Crippen molar-refractivity contribution in [1.29, 1.82) is 0 Å². The number of rotatable bonds is 4. The molecule has 1 aromatic carbocycles. The number of likely N-dealkylation sites (tertiary alicyclic amines) is 1. The van der Waals surface area contributed by atoms with Crippen molar-refractivity contribution in [2.75, 3.05) is 13.1 Å². The van der Waals surface area contributed by atoms with Crippen LogP contribution in [0.15, 0.2) is 36.5 Å². The molecule has 4 heterocycles. The molecule has 0 saturated carbocycles. The number of halogens is 1. The molecule has 3 amide bonds. The topological polar surface area (TPSA) is 82.6 Å². The van der Waals surface area contributed by atoms with Gasteiger partial charge in [0.25, 0.3) is 5.91 Å². The van der Waals surface area contributed by atoms with Crippen LogP contribution in [0.4, 0.5) is 4.39 Å². The second-order valence-electron chi connectivity index (χ2n) is 8.79.